The van der Waals surface area contributed by atoms with Crippen LogP contribution < -0.4 is 0 Å². The summed E-state index contributed by atoms with van der Waals surface area (Å²) in [6, 6.07) is -1.09. The Morgan fingerprint density at radius 1 is 1.06 bits per heavy atom. The molecule has 0 aromatic carbocycles. The predicted octanol–water partition coefficient (Wildman–Crippen LogP) is 5.45. The smallest absolute Gasteiger partial charge is 0.410 e. The fourth-order valence-corrected chi connectivity index (χ4v) is 4.49. The van der Waals surface area contributed by atoms with Crippen molar-refractivity contribution in [3.8, 4) is 0 Å². The third kappa shape index (κ3) is 8.99. The van der Waals surface area contributed by atoms with Crippen LogP contribution in [-0.2, 0) is 23.8 Å². The van der Waals surface area contributed by atoms with Crippen molar-refractivity contribution in [3.05, 3.63) is 12.2 Å². The molecule has 7 nitrogen and oxygen atoms in total. The molecule has 1 aliphatic heterocycles. The van der Waals surface area contributed by atoms with Crippen LogP contribution in [0.2, 0.25) is 0 Å². The van der Waals surface area contributed by atoms with Crippen LogP contribution >= 0.6 is 34.8 Å². The fourth-order valence-electron chi connectivity index (χ4n) is 4.33. The molecular weight excluding hydrogens is 481 g/mol. The second kappa shape index (κ2) is 14.2. The van der Waals surface area contributed by atoms with Gasteiger partial charge in [-0.25, -0.2) is 14.4 Å². The third-order valence-corrected chi connectivity index (χ3v) is 5.95. The first-order valence-electron chi connectivity index (χ1n) is 11.0. The summed E-state index contributed by atoms with van der Waals surface area (Å²) in [6.45, 7) is 5.68. The van der Waals surface area contributed by atoms with E-state index >= 15 is 0 Å². The lowest BCUT2D eigenvalue weighted by Crippen LogP contribution is -2.60. The van der Waals surface area contributed by atoms with Crippen molar-refractivity contribution in [1.82, 2.24) is 4.90 Å². The molecule has 1 fully saturated rings. The molecule has 0 radical (unpaired) electrons. The Hall–Kier alpha value is -1.18. The highest BCUT2D eigenvalue weighted by Crippen LogP contribution is 2.40. The van der Waals surface area contributed by atoms with E-state index in [1.54, 1.807) is 13.0 Å². The molecule has 1 rings (SSSR count). The number of carbonyl (C=O) groups excluding carboxylic acids is 3. The van der Waals surface area contributed by atoms with Gasteiger partial charge in [0.2, 0.25) is 3.79 Å². The van der Waals surface area contributed by atoms with Crippen molar-refractivity contribution in [2.75, 3.05) is 20.3 Å². The van der Waals surface area contributed by atoms with Gasteiger partial charge in [-0.05, 0) is 44.4 Å². The molecule has 0 N–H and O–H groups in total. The van der Waals surface area contributed by atoms with E-state index in [2.05, 4.69) is 6.92 Å². The first-order valence-corrected chi connectivity index (χ1v) is 12.2. The summed E-state index contributed by atoms with van der Waals surface area (Å²) >= 11 is 17.3. The average Bonchev–Trinajstić information content (AvgIpc) is 2.74. The molecule has 0 aliphatic carbocycles. The van der Waals surface area contributed by atoms with Gasteiger partial charge in [0.15, 0.2) is 0 Å². The Labute approximate surface area is 205 Å². The summed E-state index contributed by atoms with van der Waals surface area (Å²) in [6.07, 6.45) is 6.63. The standard InChI is InChI=1S/C22H34Cl3NO6/c1-5-10-16-13-15(6-2)17(11-8-9-12-18(27)31-7-3)26(19(16)20(28)30-4)21(29)32-14-22(23,24)25/h9,12,15-17,19H,5-8,10-11,13-14H2,1-4H3/b12-9+/t15-,16-,17+,19+/m1/s1. The Morgan fingerprint density at radius 2 is 1.75 bits per heavy atom. The number of rotatable bonds is 10. The number of allylic oxidation sites excluding steroid dienone is 1. The van der Waals surface area contributed by atoms with Crippen LogP contribution in [-0.4, -0.2) is 59.1 Å². The van der Waals surface area contributed by atoms with Gasteiger partial charge in [-0.3, -0.25) is 4.90 Å². The highest BCUT2D eigenvalue weighted by molar-refractivity contribution is 6.67. The molecule has 32 heavy (non-hydrogen) atoms. The molecule has 0 unspecified atom stereocenters. The Kier molecular flexibility index (Phi) is 12.8. The number of alkyl halides is 3. The molecule has 0 aromatic rings. The van der Waals surface area contributed by atoms with Gasteiger partial charge >= 0.3 is 18.0 Å². The molecule has 1 amide bonds. The van der Waals surface area contributed by atoms with Crippen molar-refractivity contribution in [2.24, 2.45) is 11.8 Å². The van der Waals surface area contributed by atoms with Crippen LogP contribution in [0.5, 0.6) is 0 Å². The summed E-state index contributed by atoms with van der Waals surface area (Å²) in [5.41, 5.74) is 0. The zero-order valence-corrected chi connectivity index (χ0v) is 21.4. The van der Waals surface area contributed by atoms with E-state index in [-0.39, 0.29) is 17.9 Å². The van der Waals surface area contributed by atoms with Crippen LogP contribution in [0.1, 0.15) is 59.3 Å². The second-order valence-corrected chi connectivity index (χ2v) is 10.3. The average molecular weight is 515 g/mol. The number of ether oxygens (including phenoxy) is 3. The number of hydrogen-bond acceptors (Lipinski definition) is 6. The Bertz CT molecular complexity index is 652. The summed E-state index contributed by atoms with van der Waals surface area (Å²) in [5.74, 6) is -0.832. The number of amides is 1. The SMILES string of the molecule is CCC[C@@H]1C[C@@H](CC)[C@H](CC/C=C/C(=O)OCC)N(C(=O)OCC(Cl)(Cl)Cl)[C@@H]1C(=O)OC. The summed E-state index contributed by atoms with van der Waals surface area (Å²) in [5, 5.41) is 0. The van der Waals surface area contributed by atoms with Crippen LogP contribution in [0.3, 0.4) is 0 Å². The normalized spacial score (nSPS) is 23.8. The molecular formula is C22H34Cl3NO6. The molecule has 0 aromatic heterocycles. The maximum atomic E-state index is 13.2. The molecule has 0 bridgehead atoms. The van der Waals surface area contributed by atoms with Crippen molar-refractivity contribution in [2.45, 2.75) is 75.2 Å². The van der Waals surface area contributed by atoms with Gasteiger partial charge in [0.25, 0.3) is 0 Å². The number of halogens is 3. The van der Waals surface area contributed by atoms with E-state index in [1.165, 1.54) is 18.1 Å². The van der Waals surface area contributed by atoms with E-state index < -0.39 is 34.5 Å². The predicted molar refractivity (Wildman–Crippen MR) is 125 cm³/mol. The van der Waals surface area contributed by atoms with Gasteiger partial charge in [-0.2, -0.15) is 0 Å². The maximum absolute atomic E-state index is 13.2. The number of carbonyl (C=O) groups is 3. The molecule has 1 aliphatic rings. The van der Waals surface area contributed by atoms with Crippen molar-refractivity contribution < 1.29 is 28.6 Å². The summed E-state index contributed by atoms with van der Waals surface area (Å²) in [4.78, 5) is 39.0. The molecule has 1 saturated heterocycles. The highest BCUT2D eigenvalue weighted by atomic mass is 35.6. The number of esters is 2. The monoisotopic (exact) mass is 513 g/mol. The Balaban J connectivity index is 3.20. The van der Waals surface area contributed by atoms with Crippen LogP contribution in [0, 0.1) is 11.8 Å². The molecule has 0 saturated carbocycles. The van der Waals surface area contributed by atoms with Gasteiger partial charge in [0, 0.05) is 12.1 Å². The number of piperidine rings is 1. The second-order valence-electron chi connectivity index (χ2n) is 7.80. The lowest BCUT2D eigenvalue weighted by Gasteiger charge is -2.48. The fraction of sp³-hybridized carbons (Fsp3) is 0.773. The van der Waals surface area contributed by atoms with E-state index in [9.17, 15) is 14.4 Å². The number of nitrogens with zero attached hydrogens (tertiary/aromatic N) is 1. The minimum atomic E-state index is -1.77. The van der Waals surface area contributed by atoms with Gasteiger partial charge in [-0.1, -0.05) is 67.6 Å². The van der Waals surface area contributed by atoms with Crippen LogP contribution in [0.15, 0.2) is 12.2 Å². The lowest BCUT2D eigenvalue weighted by molar-refractivity contribution is -0.153. The molecule has 1 heterocycles. The van der Waals surface area contributed by atoms with Gasteiger partial charge in [0.1, 0.15) is 12.6 Å². The van der Waals surface area contributed by atoms with Crippen molar-refractivity contribution in [1.29, 1.82) is 0 Å². The lowest BCUT2D eigenvalue weighted by atomic mass is 9.74. The highest BCUT2D eigenvalue weighted by Gasteiger charge is 2.48. The quantitative estimate of drug-likeness (QED) is 0.167. The zero-order chi connectivity index (χ0) is 24.3. The minimum absolute atomic E-state index is 0.0657. The van der Waals surface area contributed by atoms with Crippen molar-refractivity contribution in [3.63, 3.8) is 0 Å². The number of likely N-dealkylation sites (tertiary alicyclic amines) is 1. The Morgan fingerprint density at radius 3 is 2.28 bits per heavy atom. The largest absolute Gasteiger partial charge is 0.467 e. The first kappa shape index (κ1) is 28.9. The number of hydrogen-bond donors (Lipinski definition) is 0. The molecule has 10 heteroatoms. The zero-order valence-electron chi connectivity index (χ0n) is 19.2. The third-order valence-electron chi connectivity index (χ3n) is 5.62. The van der Waals surface area contributed by atoms with Crippen LogP contribution in [0.25, 0.3) is 0 Å². The van der Waals surface area contributed by atoms with Gasteiger partial charge < -0.3 is 14.2 Å². The molecule has 4 atom stereocenters. The minimum Gasteiger partial charge on any atom is -0.467 e. The topological polar surface area (TPSA) is 82.1 Å². The summed E-state index contributed by atoms with van der Waals surface area (Å²) < 4.78 is 13.5. The van der Waals surface area contributed by atoms with Gasteiger partial charge in [-0.15, -0.1) is 0 Å². The van der Waals surface area contributed by atoms with E-state index in [0.717, 1.165) is 25.7 Å². The van der Waals surface area contributed by atoms with E-state index in [1.807, 2.05) is 6.92 Å². The molecule has 184 valence electrons. The number of methoxy groups -OCH3 is 1. The van der Waals surface area contributed by atoms with Crippen LogP contribution in [0.4, 0.5) is 4.79 Å². The van der Waals surface area contributed by atoms with Gasteiger partial charge in [0.05, 0.1) is 13.7 Å². The summed E-state index contributed by atoms with van der Waals surface area (Å²) in [7, 11) is 1.30. The maximum Gasteiger partial charge on any atom is 0.410 e. The van der Waals surface area contributed by atoms with Crippen molar-refractivity contribution >= 4 is 52.8 Å². The van der Waals surface area contributed by atoms with E-state index in [4.69, 9.17) is 49.0 Å². The molecule has 0 spiro atoms. The first-order chi connectivity index (χ1) is 15.1. The van der Waals surface area contributed by atoms with E-state index in [0.29, 0.717) is 19.4 Å².